The van der Waals surface area contributed by atoms with Crippen LogP contribution < -0.4 is 14.8 Å². The van der Waals surface area contributed by atoms with Crippen LogP contribution in [0.3, 0.4) is 0 Å². The minimum absolute atomic E-state index is 0.118. The molecule has 178 valence electrons. The molecule has 0 bridgehead atoms. The van der Waals surface area contributed by atoms with E-state index in [9.17, 15) is 4.79 Å². The van der Waals surface area contributed by atoms with Gasteiger partial charge in [-0.15, -0.1) is 10.2 Å². The number of anilines is 1. The van der Waals surface area contributed by atoms with E-state index in [4.69, 9.17) is 32.7 Å². The molecule has 8 nitrogen and oxygen atoms in total. The lowest BCUT2D eigenvalue weighted by molar-refractivity contribution is -0.116. The highest BCUT2D eigenvalue weighted by Crippen LogP contribution is 2.42. The summed E-state index contributed by atoms with van der Waals surface area (Å²) in [6, 6.07) is 16.5. The van der Waals surface area contributed by atoms with Gasteiger partial charge in [0, 0.05) is 22.9 Å². The van der Waals surface area contributed by atoms with E-state index in [0.29, 0.717) is 34.8 Å². The number of aromatic nitrogens is 4. The number of hydrogen-bond donors (Lipinski definition) is 1. The van der Waals surface area contributed by atoms with Gasteiger partial charge in [0.05, 0.1) is 12.8 Å². The highest BCUT2D eigenvalue weighted by atomic mass is 35.5. The molecule has 2 aromatic heterocycles. The Balaban J connectivity index is 1.47. The van der Waals surface area contributed by atoms with Crippen molar-refractivity contribution in [2.24, 2.45) is 0 Å². The fourth-order valence-electron chi connectivity index (χ4n) is 4.18. The molecular weight excluding hydrogens is 489 g/mol. The van der Waals surface area contributed by atoms with Gasteiger partial charge in [-0.1, -0.05) is 41.4 Å². The molecule has 10 heteroatoms. The highest BCUT2D eigenvalue weighted by Gasteiger charge is 2.33. The van der Waals surface area contributed by atoms with Gasteiger partial charge in [-0.2, -0.15) is 9.78 Å². The average molecular weight is 510 g/mol. The largest absolute Gasteiger partial charge is 0.493 e. The summed E-state index contributed by atoms with van der Waals surface area (Å²) in [7, 11) is 1.59. The third kappa shape index (κ3) is 4.67. The lowest BCUT2D eigenvalue weighted by Crippen LogP contribution is -2.25. The molecule has 3 heterocycles. The van der Waals surface area contributed by atoms with Crippen molar-refractivity contribution in [3.8, 4) is 17.3 Å². The fourth-order valence-corrected chi connectivity index (χ4v) is 4.41. The van der Waals surface area contributed by atoms with Gasteiger partial charge in [-0.25, -0.2) is 0 Å². The second-order valence-electron chi connectivity index (χ2n) is 8.10. The van der Waals surface area contributed by atoms with Crippen LogP contribution in [0.5, 0.6) is 11.5 Å². The molecule has 35 heavy (non-hydrogen) atoms. The summed E-state index contributed by atoms with van der Waals surface area (Å²) >= 11 is 11.8. The van der Waals surface area contributed by atoms with Crippen molar-refractivity contribution in [2.75, 3.05) is 12.4 Å². The summed E-state index contributed by atoms with van der Waals surface area (Å²) in [4.78, 5) is 12.7. The van der Waals surface area contributed by atoms with Gasteiger partial charge in [0.2, 0.25) is 5.91 Å². The van der Waals surface area contributed by atoms with Gasteiger partial charge >= 0.3 is 0 Å². The smallest absolute Gasteiger partial charge is 0.226 e. The Morgan fingerprint density at radius 2 is 1.86 bits per heavy atom. The van der Waals surface area contributed by atoms with Crippen LogP contribution in [0, 0.1) is 6.92 Å². The summed E-state index contributed by atoms with van der Waals surface area (Å²) in [6.45, 7) is 2.28. The van der Waals surface area contributed by atoms with Crippen molar-refractivity contribution in [1.82, 2.24) is 20.0 Å². The number of hydrogen-bond acceptors (Lipinski definition) is 6. The van der Waals surface area contributed by atoms with E-state index in [1.54, 1.807) is 23.9 Å². The van der Waals surface area contributed by atoms with Gasteiger partial charge in [0.1, 0.15) is 12.4 Å². The Morgan fingerprint density at radius 3 is 2.57 bits per heavy atom. The molecule has 1 amide bonds. The molecule has 0 aliphatic carbocycles. The molecule has 5 rings (SSSR count). The van der Waals surface area contributed by atoms with E-state index >= 15 is 0 Å². The first-order valence-electron chi connectivity index (χ1n) is 10.9. The lowest BCUT2D eigenvalue weighted by atomic mass is 9.85. The molecular formula is C25H21Cl2N5O3. The van der Waals surface area contributed by atoms with Crippen LogP contribution in [-0.4, -0.2) is 33.0 Å². The zero-order valence-electron chi connectivity index (χ0n) is 19.0. The van der Waals surface area contributed by atoms with Crippen LogP contribution in [0.15, 0.2) is 54.6 Å². The van der Waals surface area contributed by atoms with Crippen LogP contribution in [0.1, 0.15) is 34.7 Å². The molecule has 0 fully saturated rings. The van der Waals surface area contributed by atoms with Crippen LogP contribution in [0.2, 0.25) is 10.2 Å². The molecule has 0 saturated carbocycles. The van der Waals surface area contributed by atoms with Crippen molar-refractivity contribution in [1.29, 1.82) is 0 Å². The van der Waals surface area contributed by atoms with E-state index in [0.717, 1.165) is 22.4 Å². The number of benzene rings is 2. The summed E-state index contributed by atoms with van der Waals surface area (Å²) in [6.07, 6.45) is 0.278. The Bertz CT molecular complexity index is 1390. The molecule has 0 radical (unpaired) electrons. The number of rotatable bonds is 6. The zero-order chi connectivity index (χ0) is 24.5. The number of carbonyl (C=O) groups excluding carboxylic acids is 1. The van der Waals surface area contributed by atoms with Gasteiger partial charge < -0.3 is 14.8 Å². The predicted molar refractivity (Wildman–Crippen MR) is 133 cm³/mol. The molecule has 4 aromatic rings. The second kappa shape index (κ2) is 9.56. The lowest BCUT2D eigenvalue weighted by Gasteiger charge is -2.25. The van der Waals surface area contributed by atoms with Crippen LogP contribution in [0.25, 0.3) is 5.82 Å². The van der Waals surface area contributed by atoms with E-state index in [2.05, 4.69) is 20.6 Å². The number of fused-ring (bicyclic) bond motifs is 1. The van der Waals surface area contributed by atoms with Crippen LogP contribution >= 0.6 is 23.2 Å². The second-order valence-corrected chi connectivity index (χ2v) is 8.93. The van der Waals surface area contributed by atoms with E-state index in [1.807, 2.05) is 49.4 Å². The number of nitrogens with one attached hydrogen (secondary N) is 1. The molecule has 2 aromatic carbocycles. The number of aryl methyl sites for hydroxylation is 1. The van der Waals surface area contributed by atoms with Crippen LogP contribution in [-0.2, 0) is 11.4 Å². The van der Waals surface area contributed by atoms with Crippen molar-refractivity contribution in [3.05, 3.63) is 87.2 Å². The number of ether oxygens (including phenoxy) is 2. The topological polar surface area (TPSA) is 91.2 Å². The number of amides is 1. The SMILES string of the molecule is COc1cc([C@H]2CC(=O)Nc3c2c(C)nn3-c2ccc(Cl)nn2)ccc1OCc1ccc(Cl)cc1. The molecule has 1 aliphatic heterocycles. The van der Waals surface area contributed by atoms with E-state index < -0.39 is 0 Å². The standard InChI is InChI=1S/C25H21Cl2N5O3/c1-14-24-18(12-23(33)28-25(24)32(31-14)22-10-9-21(27)29-30-22)16-5-8-19(20(11-16)34-2)35-13-15-3-6-17(26)7-4-15/h3-11,18H,12-13H2,1-2H3,(H,28,33)/t18-/m1/s1. The summed E-state index contributed by atoms with van der Waals surface area (Å²) < 4.78 is 13.2. The Hall–Kier alpha value is -3.62. The van der Waals surface area contributed by atoms with E-state index in [-0.39, 0.29) is 23.4 Å². The molecule has 0 unspecified atom stereocenters. The Labute approximate surface area is 211 Å². The third-order valence-corrected chi connectivity index (χ3v) is 6.29. The Morgan fingerprint density at radius 1 is 1.06 bits per heavy atom. The van der Waals surface area contributed by atoms with Crippen LogP contribution in [0.4, 0.5) is 5.82 Å². The summed E-state index contributed by atoms with van der Waals surface area (Å²) in [5, 5.41) is 16.5. The third-order valence-electron chi connectivity index (χ3n) is 5.84. The zero-order valence-corrected chi connectivity index (χ0v) is 20.5. The van der Waals surface area contributed by atoms with Crippen molar-refractivity contribution in [3.63, 3.8) is 0 Å². The van der Waals surface area contributed by atoms with Gasteiger partial charge in [-0.05, 0) is 54.4 Å². The number of halogens is 2. The number of methoxy groups -OCH3 is 1. The maximum atomic E-state index is 12.7. The molecule has 1 aliphatic rings. The van der Waals surface area contributed by atoms with Crippen molar-refractivity contribution < 1.29 is 14.3 Å². The van der Waals surface area contributed by atoms with Gasteiger partial charge in [0.25, 0.3) is 0 Å². The molecule has 1 N–H and O–H groups in total. The summed E-state index contributed by atoms with van der Waals surface area (Å²) in [5.41, 5.74) is 3.60. The van der Waals surface area contributed by atoms with Crippen molar-refractivity contribution >= 4 is 34.9 Å². The van der Waals surface area contributed by atoms with Gasteiger partial charge in [-0.3, -0.25) is 4.79 Å². The minimum atomic E-state index is -0.216. The highest BCUT2D eigenvalue weighted by molar-refractivity contribution is 6.30. The maximum Gasteiger partial charge on any atom is 0.226 e. The molecule has 0 saturated heterocycles. The minimum Gasteiger partial charge on any atom is -0.493 e. The first-order chi connectivity index (χ1) is 16.9. The average Bonchev–Trinajstić information content (AvgIpc) is 3.19. The fraction of sp³-hybridized carbons (Fsp3) is 0.200. The molecule has 0 spiro atoms. The number of carbonyl (C=O) groups is 1. The first-order valence-corrected chi connectivity index (χ1v) is 11.6. The summed E-state index contributed by atoms with van der Waals surface area (Å²) in [5.74, 6) is 1.89. The van der Waals surface area contributed by atoms with E-state index in [1.165, 1.54) is 0 Å². The molecule has 1 atom stereocenters. The predicted octanol–water partition coefficient (Wildman–Crippen LogP) is 5.34. The van der Waals surface area contributed by atoms with Gasteiger partial charge in [0.15, 0.2) is 22.5 Å². The Kier molecular flexibility index (Phi) is 6.32. The van der Waals surface area contributed by atoms with Crippen molar-refractivity contribution in [2.45, 2.75) is 25.9 Å². The normalized spacial score (nSPS) is 14.9. The quantitative estimate of drug-likeness (QED) is 0.377. The monoisotopic (exact) mass is 509 g/mol. The number of nitrogens with zero attached hydrogens (tertiary/aromatic N) is 4. The maximum absolute atomic E-state index is 12.7. The first kappa shape index (κ1) is 23.1.